The van der Waals surface area contributed by atoms with Gasteiger partial charge in [0.15, 0.2) is 0 Å². The van der Waals surface area contributed by atoms with Crippen molar-refractivity contribution in [2.45, 2.75) is 33.2 Å². The molecule has 0 saturated heterocycles. The van der Waals surface area contributed by atoms with Gasteiger partial charge in [-0.2, -0.15) is 0 Å². The molecule has 2 aromatic carbocycles. The van der Waals surface area contributed by atoms with Crippen molar-refractivity contribution in [1.82, 2.24) is 4.90 Å². The highest BCUT2D eigenvalue weighted by molar-refractivity contribution is 7.21. The number of hydrogen-bond acceptors (Lipinski definition) is 2. The van der Waals surface area contributed by atoms with Crippen LogP contribution in [0.3, 0.4) is 0 Å². The molecule has 0 spiro atoms. The minimum Gasteiger partial charge on any atom is -0.334 e. The molecule has 0 bridgehead atoms. The molecule has 2 nitrogen and oxygen atoms in total. The van der Waals surface area contributed by atoms with Crippen molar-refractivity contribution in [2.75, 3.05) is 6.54 Å². The van der Waals surface area contributed by atoms with Gasteiger partial charge in [0.25, 0.3) is 5.91 Å². The summed E-state index contributed by atoms with van der Waals surface area (Å²) in [6, 6.07) is 18.6. The predicted molar refractivity (Wildman–Crippen MR) is 103 cm³/mol. The number of benzene rings is 2. The molecule has 0 atom stereocenters. The first-order chi connectivity index (χ1) is 11.7. The van der Waals surface area contributed by atoms with E-state index >= 15 is 0 Å². The molecule has 0 aliphatic carbocycles. The van der Waals surface area contributed by atoms with Gasteiger partial charge in [0.1, 0.15) is 0 Å². The average molecular weight is 337 g/mol. The second-order valence-electron chi connectivity index (χ2n) is 5.96. The first-order valence-corrected chi connectivity index (χ1v) is 9.39. The first kappa shape index (κ1) is 16.7. The lowest BCUT2D eigenvalue weighted by atomic mass is 10.1. The third-order valence-corrected chi connectivity index (χ3v) is 5.48. The van der Waals surface area contributed by atoms with Gasteiger partial charge in [0, 0.05) is 17.8 Å². The molecular formula is C21H23NOS. The van der Waals surface area contributed by atoms with Crippen molar-refractivity contribution < 1.29 is 4.79 Å². The van der Waals surface area contributed by atoms with Crippen LogP contribution in [0.25, 0.3) is 10.1 Å². The molecule has 0 radical (unpaired) electrons. The normalized spacial score (nSPS) is 10.9. The van der Waals surface area contributed by atoms with E-state index < -0.39 is 0 Å². The molecule has 1 aromatic heterocycles. The lowest BCUT2D eigenvalue weighted by Gasteiger charge is -2.21. The Morgan fingerprint density at radius 2 is 1.71 bits per heavy atom. The van der Waals surface area contributed by atoms with E-state index in [-0.39, 0.29) is 5.91 Å². The maximum Gasteiger partial charge on any atom is 0.264 e. The third-order valence-electron chi connectivity index (χ3n) is 4.28. The van der Waals surface area contributed by atoms with Crippen LogP contribution in [0.1, 0.15) is 41.1 Å². The van der Waals surface area contributed by atoms with Gasteiger partial charge in [-0.3, -0.25) is 4.79 Å². The summed E-state index contributed by atoms with van der Waals surface area (Å²) in [6.45, 7) is 5.60. The molecule has 3 rings (SSSR count). The summed E-state index contributed by atoms with van der Waals surface area (Å²) in [5.74, 6) is 0.158. The quantitative estimate of drug-likeness (QED) is 0.580. The van der Waals surface area contributed by atoms with Crippen LogP contribution in [0.4, 0.5) is 0 Å². The molecule has 0 aliphatic heterocycles. The second kappa shape index (κ2) is 7.63. The van der Waals surface area contributed by atoms with E-state index in [2.05, 4.69) is 37.3 Å². The van der Waals surface area contributed by atoms with E-state index in [9.17, 15) is 4.79 Å². The molecule has 0 N–H and O–H groups in total. The largest absolute Gasteiger partial charge is 0.334 e. The molecular weight excluding hydrogens is 314 g/mol. The van der Waals surface area contributed by atoms with Crippen LogP contribution in [-0.4, -0.2) is 17.4 Å². The number of carbonyl (C=O) groups excluding carboxylic acids is 1. The smallest absolute Gasteiger partial charge is 0.264 e. The third kappa shape index (κ3) is 3.36. The second-order valence-corrected chi connectivity index (χ2v) is 7.01. The van der Waals surface area contributed by atoms with Gasteiger partial charge in [-0.15, -0.1) is 11.3 Å². The molecule has 0 unspecified atom stereocenters. The summed E-state index contributed by atoms with van der Waals surface area (Å²) in [5, 5.41) is 1.24. The van der Waals surface area contributed by atoms with Gasteiger partial charge in [-0.1, -0.05) is 61.9 Å². The first-order valence-electron chi connectivity index (χ1n) is 8.58. The van der Waals surface area contributed by atoms with E-state index in [0.717, 1.165) is 17.7 Å². The lowest BCUT2D eigenvalue weighted by Crippen LogP contribution is -2.30. The van der Waals surface area contributed by atoms with Crippen molar-refractivity contribution in [3.63, 3.8) is 0 Å². The number of amides is 1. The van der Waals surface area contributed by atoms with E-state index in [0.29, 0.717) is 13.1 Å². The van der Waals surface area contributed by atoms with Crippen LogP contribution >= 0.6 is 11.3 Å². The average Bonchev–Trinajstić information content (AvgIpc) is 2.99. The minimum absolute atomic E-state index is 0.158. The number of hydrogen-bond donors (Lipinski definition) is 0. The van der Waals surface area contributed by atoms with Crippen LogP contribution in [-0.2, 0) is 13.0 Å². The molecule has 0 saturated carbocycles. The van der Waals surface area contributed by atoms with Crippen LogP contribution in [0.15, 0.2) is 54.6 Å². The standard InChI is InChI=1S/C21H23NOS/c1-3-10-18-17-13-8-9-14-19(17)24-20(18)21(23)22(4-2)15-16-11-6-5-7-12-16/h5-9,11-14H,3-4,10,15H2,1-2H3. The van der Waals surface area contributed by atoms with Crippen molar-refractivity contribution in [3.05, 3.63) is 70.6 Å². The highest BCUT2D eigenvalue weighted by Gasteiger charge is 2.22. The van der Waals surface area contributed by atoms with Crippen molar-refractivity contribution in [3.8, 4) is 0 Å². The zero-order valence-corrected chi connectivity index (χ0v) is 15.1. The summed E-state index contributed by atoms with van der Waals surface area (Å²) >= 11 is 1.64. The molecule has 0 fully saturated rings. The Kier molecular flexibility index (Phi) is 5.31. The van der Waals surface area contributed by atoms with E-state index in [4.69, 9.17) is 0 Å². The monoisotopic (exact) mass is 337 g/mol. The fourth-order valence-corrected chi connectivity index (χ4v) is 4.26. The van der Waals surface area contributed by atoms with Crippen molar-refractivity contribution >= 4 is 27.3 Å². The van der Waals surface area contributed by atoms with Crippen LogP contribution in [0.2, 0.25) is 0 Å². The van der Waals surface area contributed by atoms with Crippen molar-refractivity contribution in [1.29, 1.82) is 0 Å². The number of aryl methyl sites for hydroxylation is 1. The summed E-state index contributed by atoms with van der Waals surface area (Å²) in [6.07, 6.45) is 2.00. The van der Waals surface area contributed by atoms with Crippen LogP contribution in [0.5, 0.6) is 0 Å². The summed E-state index contributed by atoms with van der Waals surface area (Å²) in [7, 11) is 0. The number of thiophene rings is 1. The Labute approximate surface area is 147 Å². The zero-order chi connectivity index (χ0) is 16.9. The number of rotatable bonds is 6. The van der Waals surface area contributed by atoms with E-state index in [1.54, 1.807) is 11.3 Å². The zero-order valence-electron chi connectivity index (χ0n) is 14.3. The van der Waals surface area contributed by atoms with E-state index in [1.807, 2.05) is 36.1 Å². The molecule has 1 amide bonds. The lowest BCUT2D eigenvalue weighted by molar-refractivity contribution is 0.0756. The topological polar surface area (TPSA) is 20.3 Å². The van der Waals surface area contributed by atoms with Gasteiger partial charge in [0.2, 0.25) is 0 Å². The number of carbonyl (C=O) groups is 1. The maximum atomic E-state index is 13.2. The highest BCUT2D eigenvalue weighted by atomic mass is 32.1. The van der Waals surface area contributed by atoms with Gasteiger partial charge in [-0.25, -0.2) is 0 Å². The summed E-state index contributed by atoms with van der Waals surface area (Å²) in [4.78, 5) is 16.0. The molecule has 24 heavy (non-hydrogen) atoms. The Balaban J connectivity index is 1.95. The molecule has 3 aromatic rings. The predicted octanol–water partition coefficient (Wildman–Crippen LogP) is 5.52. The SMILES string of the molecule is CCCc1c(C(=O)N(CC)Cc2ccccc2)sc2ccccc12. The van der Waals surface area contributed by atoms with E-state index in [1.165, 1.54) is 21.2 Å². The molecule has 0 aliphatic rings. The highest BCUT2D eigenvalue weighted by Crippen LogP contribution is 2.33. The number of nitrogens with zero attached hydrogens (tertiary/aromatic N) is 1. The fourth-order valence-electron chi connectivity index (χ4n) is 3.04. The van der Waals surface area contributed by atoms with Crippen LogP contribution in [0, 0.1) is 0 Å². The Morgan fingerprint density at radius 3 is 2.42 bits per heavy atom. The molecule has 124 valence electrons. The van der Waals surface area contributed by atoms with Gasteiger partial charge in [-0.05, 0) is 35.9 Å². The summed E-state index contributed by atoms with van der Waals surface area (Å²) in [5.41, 5.74) is 2.39. The van der Waals surface area contributed by atoms with Gasteiger partial charge >= 0.3 is 0 Å². The molecule has 1 heterocycles. The molecule has 3 heteroatoms. The van der Waals surface area contributed by atoms with Gasteiger partial charge < -0.3 is 4.90 Å². The Hall–Kier alpha value is -2.13. The Bertz CT molecular complexity index is 822. The fraction of sp³-hybridized carbons (Fsp3) is 0.286. The Morgan fingerprint density at radius 1 is 1.00 bits per heavy atom. The summed E-state index contributed by atoms with van der Waals surface area (Å²) < 4.78 is 1.21. The van der Waals surface area contributed by atoms with Crippen LogP contribution < -0.4 is 0 Å². The number of fused-ring (bicyclic) bond motifs is 1. The van der Waals surface area contributed by atoms with Crippen molar-refractivity contribution in [2.24, 2.45) is 0 Å². The maximum absolute atomic E-state index is 13.2. The van der Waals surface area contributed by atoms with Gasteiger partial charge in [0.05, 0.1) is 4.88 Å². The minimum atomic E-state index is 0.158.